The number of hydrogen-bond donors (Lipinski definition) is 1. The van der Waals surface area contributed by atoms with Crippen LogP contribution >= 0.6 is 0 Å². The number of aliphatic hydroxyl groups is 1. The fourth-order valence-electron chi connectivity index (χ4n) is 3.11. The lowest BCUT2D eigenvalue weighted by Gasteiger charge is -2.26. The van der Waals surface area contributed by atoms with Gasteiger partial charge in [-0.3, -0.25) is 4.90 Å². The van der Waals surface area contributed by atoms with E-state index in [0.29, 0.717) is 6.54 Å². The molecule has 1 saturated heterocycles. The summed E-state index contributed by atoms with van der Waals surface area (Å²) in [5.74, 6) is 0. The second kappa shape index (κ2) is 7.21. The Morgan fingerprint density at radius 2 is 2.04 bits per heavy atom. The Morgan fingerprint density at radius 1 is 1.26 bits per heavy atom. The highest BCUT2D eigenvalue weighted by molar-refractivity contribution is 5.18. The first-order valence-electron chi connectivity index (χ1n) is 8.10. The molecule has 0 bridgehead atoms. The third-order valence-electron chi connectivity index (χ3n) is 4.15. The molecule has 6 nitrogen and oxygen atoms in total. The molecule has 0 aliphatic carbocycles. The number of nitrogens with zero attached hydrogens (tertiary/aromatic N) is 4. The fourth-order valence-corrected chi connectivity index (χ4v) is 3.11. The quantitative estimate of drug-likeness (QED) is 0.878. The maximum atomic E-state index is 10.3. The molecule has 0 amide bonds. The van der Waals surface area contributed by atoms with Crippen molar-refractivity contribution in [3.63, 3.8) is 0 Å². The van der Waals surface area contributed by atoms with Crippen LogP contribution in [0.4, 0.5) is 0 Å². The highest BCUT2D eigenvalue weighted by Gasteiger charge is 2.34. The topological polar surface area (TPSA) is 63.4 Å². The monoisotopic (exact) mass is 316 g/mol. The Kier molecular flexibility index (Phi) is 5.05. The van der Waals surface area contributed by atoms with Crippen LogP contribution in [0, 0.1) is 0 Å². The zero-order valence-corrected chi connectivity index (χ0v) is 13.6. The highest BCUT2D eigenvalue weighted by Crippen LogP contribution is 2.26. The molecule has 2 heterocycles. The molecule has 1 aliphatic rings. The standard InChI is InChI=1S/C17H24N4O2/c1-13(2)23-17(14-6-4-3-5-7-14)12-20-10-15(16(22)11-20)21-9-8-18-19-21/h3-9,13,15-17,22H,10-12H2,1-2H3/t15-,16-,17?/m1/s1. The van der Waals surface area contributed by atoms with Crippen molar-refractivity contribution in [3.05, 3.63) is 48.3 Å². The molecule has 1 aromatic carbocycles. The SMILES string of the molecule is CC(C)OC(CN1C[C@@H](O)[C@H](n2ccnn2)C1)c1ccccc1. The summed E-state index contributed by atoms with van der Waals surface area (Å²) in [6.07, 6.45) is 3.16. The van der Waals surface area contributed by atoms with E-state index in [4.69, 9.17) is 4.74 Å². The molecule has 1 aromatic heterocycles. The van der Waals surface area contributed by atoms with Crippen molar-refractivity contribution in [3.8, 4) is 0 Å². The maximum Gasteiger partial charge on any atom is 0.0955 e. The zero-order valence-electron chi connectivity index (χ0n) is 13.6. The summed E-state index contributed by atoms with van der Waals surface area (Å²) in [6.45, 7) is 6.22. The van der Waals surface area contributed by atoms with Crippen molar-refractivity contribution in [2.24, 2.45) is 0 Å². The summed E-state index contributed by atoms with van der Waals surface area (Å²) in [5.41, 5.74) is 1.17. The van der Waals surface area contributed by atoms with Crippen LogP contribution in [0.3, 0.4) is 0 Å². The van der Waals surface area contributed by atoms with Gasteiger partial charge in [0.1, 0.15) is 0 Å². The van der Waals surface area contributed by atoms with E-state index in [1.807, 2.05) is 32.0 Å². The Bertz CT molecular complexity index is 588. The van der Waals surface area contributed by atoms with E-state index in [0.717, 1.165) is 13.1 Å². The molecule has 1 fully saturated rings. The largest absolute Gasteiger partial charge is 0.390 e. The number of ether oxygens (including phenoxy) is 1. The molecule has 1 aliphatic heterocycles. The van der Waals surface area contributed by atoms with Crippen LogP contribution in [-0.2, 0) is 4.74 Å². The number of β-amino-alcohol motifs (C(OH)–C–C–N with tert-alkyl or cyclic N) is 1. The molecule has 0 radical (unpaired) electrons. The van der Waals surface area contributed by atoms with Crippen LogP contribution in [0.5, 0.6) is 0 Å². The van der Waals surface area contributed by atoms with Crippen molar-refractivity contribution in [2.45, 2.75) is 38.2 Å². The summed E-state index contributed by atoms with van der Waals surface area (Å²) in [4.78, 5) is 2.23. The summed E-state index contributed by atoms with van der Waals surface area (Å²) >= 11 is 0. The van der Waals surface area contributed by atoms with Gasteiger partial charge in [0.25, 0.3) is 0 Å². The highest BCUT2D eigenvalue weighted by atomic mass is 16.5. The van der Waals surface area contributed by atoms with Crippen LogP contribution in [-0.4, -0.2) is 56.8 Å². The summed E-state index contributed by atoms with van der Waals surface area (Å²) in [5, 5.41) is 18.2. The van der Waals surface area contributed by atoms with Gasteiger partial charge in [0.05, 0.1) is 30.6 Å². The van der Waals surface area contributed by atoms with Gasteiger partial charge in [-0.15, -0.1) is 5.10 Å². The number of likely N-dealkylation sites (tertiary alicyclic amines) is 1. The minimum atomic E-state index is -0.438. The second-order valence-electron chi connectivity index (χ2n) is 6.32. The van der Waals surface area contributed by atoms with Crippen molar-refractivity contribution < 1.29 is 9.84 Å². The Morgan fingerprint density at radius 3 is 2.70 bits per heavy atom. The molecule has 124 valence electrons. The third-order valence-corrected chi connectivity index (χ3v) is 4.15. The minimum Gasteiger partial charge on any atom is -0.390 e. The van der Waals surface area contributed by atoms with E-state index >= 15 is 0 Å². The molecule has 2 aromatic rings. The maximum absolute atomic E-state index is 10.3. The third kappa shape index (κ3) is 3.96. The number of aromatic nitrogens is 3. The van der Waals surface area contributed by atoms with Crippen LogP contribution in [0.1, 0.15) is 31.6 Å². The van der Waals surface area contributed by atoms with Crippen LogP contribution in [0.2, 0.25) is 0 Å². The van der Waals surface area contributed by atoms with Gasteiger partial charge in [-0.25, -0.2) is 4.68 Å². The van der Waals surface area contributed by atoms with E-state index in [2.05, 4.69) is 27.3 Å². The Labute approximate surface area is 136 Å². The first-order valence-corrected chi connectivity index (χ1v) is 8.10. The fraction of sp³-hybridized carbons (Fsp3) is 0.529. The molecule has 1 unspecified atom stereocenters. The van der Waals surface area contributed by atoms with E-state index in [1.54, 1.807) is 17.1 Å². The normalized spacial score (nSPS) is 23.5. The van der Waals surface area contributed by atoms with Gasteiger partial charge in [0.15, 0.2) is 0 Å². The van der Waals surface area contributed by atoms with Crippen molar-refractivity contribution in [1.82, 2.24) is 19.9 Å². The van der Waals surface area contributed by atoms with E-state index in [-0.39, 0.29) is 18.2 Å². The molecule has 3 rings (SSSR count). The van der Waals surface area contributed by atoms with Gasteiger partial charge in [-0.1, -0.05) is 35.5 Å². The lowest BCUT2D eigenvalue weighted by molar-refractivity contribution is -0.0118. The van der Waals surface area contributed by atoms with Crippen LogP contribution in [0.25, 0.3) is 0 Å². The molecule has 0 spiro atoms. The summed E-state index contributed by atoms with van der Waals surface area (Å²) in [6, 6.07) is 10.2. The molecular formula is C17H24N4O2. The summed E-state index contributed by atoms with van der Waals surface area (Å²) < 4.78 is 7.84. The molecule has 23 heavy (non-hydrogen) atoms. The van der Waals surface area contributed by atoms with Gasteiger partial charge in [0.2, 0.25) is 0 Å². The number of hydrogen-bond acceptors (Lipinski definition) is 5. The first-order chi connectivity index (χ1) is 11.1. The molecule has 0 saturated carbocycles. The molecule has 3 atom stereocenters. The predicted octanol–water partition coefficient (Wildman–Crippen LogP) is 1.66. The lowest BCUT2D eigenvalue weighted by atomic mass is 10.1. The van der Waals surface area contributed by atoms with Gasteiger partial charge in [-0.05, 0) is 19.4 Å². The number of aliphatic hydroxyl groups excluding tert-OH is 1. The number of benzene rings is 1. The Balaban J connectivity index is 1.68. The van der Waals surface area contributed by atoms with Crippen LogP contribution in [0.15, 0.2) is 42.7 Å². The number of rotatable bonds is 6. The van der Waals surface area contributed by atoms with E-state index in [9.17, 15) is 5.11 Å². The lowest BCUT2D eigenvalue weighted by Crippen LogP contribution is -2.30. The molecular weight excluding hydrogens is 292 g/mol. The molecule has 1 N–H and O–H groups in total. The average molecular weight is 316 g/mol. The smallest absolute Gasteiger partial charge is 0.0955 e. The minimum absolute atomic E-state index is 0.00195. The van der Waals surface area contributed by atoms with Gasteiger partial charge in [0, 0.05) is 25.8 Å². The van der Waals surface area contributed by atoms with Crippen LogP contribution < -0.4 is 0 Å². The van der Waals surface area contributed by atoms with Crippen molar-refractivity contribution in [1.29, 1.82) is 0 Å². The van der Waals surface area contributed by atoms with E-state index in [1.165, 1.54) is 5.56 Å². The van der Waals surface area contributed by atoms with Gasteiger partial charge in [-0.2, -0.15) is 0 Å². The second-order valence-corrected chi connectivity index (χ2v) is 6.32. The first kappa shape index (κ1) is 16.1. The molecule has 6 heteroatoms. The average Bonchev–Trinajstić information content (AvgIpc) is 3.16. The Hall–Kier alpha value is -1.76. The zero-order chi connectivity index (χ0) is 16.2. The van der Waals surface area contributed by atoms with Gasteiger partial charge >= 0.3 is 0 Å². The summed E-state index contributed by atoms with van der Waals surface area (Å²) in [7, 11) is 0. The van der Waals surface area contributed by atoms with E-state index < -0.39 is 6.10 Å². The predicted molar refractivity (Wildman–Crippen MR) is 86.9 cm³/mol. The van der Waals surface area contributed by atoms with Crippen molar-refractivity contribution >= 4 is 0 Å². The van der Waals surface area contributed by atoms with Gasteiger partial charge < -0.3 is 9.84 Å². The van der Waals surface area contributed by atoms with Crippen molar-refractivity contribution in [2.75, 3.05) is 19.6 Å².